The van der Waals surface area contributed by atoms with Crippen LogP contribution in [0.25, 0.3) is 0 Å². The molecule has 2 amide bonds. The number of hydrogen-bond acceptors (Lipinski definition) is 2. The molecule has 0 atom stereocenters. The zero-order valence-corrected chi connectivity index (χ0v) is 15.6. The molecule has 2 rings (SSSR count). The molecule has 0 radical (unpaired) electrons. The second-order valence-corrected chi connectivity index (χ2v) is 7.42. The minimum absolute atomic E-state index is 0.197. The van der Waals surface area contributed by atoms with E-state index in [0.717, 1.165) is 0 Å². The molecule has 6 heteroatoms. The van der Waals surface area contributed by atoms with E-state index in [1.54, 1.807) is 48.5 Å². The lowest BCUT2D eigenvalue weighted by Crippen LogP contribution is -2.42. The van der Waals surface area contributed by atoms with Crippen molar-refractivity contribution in [2.45, 2.75) is 13.8 Å². The molecule has 25 heavy (non-hydrogen) atoms. The average molecular weight is 379 g/mol. The van der Waals surface area contributed by atoms with Gasteiger partial charge in [0.15, 0.2) is 0 Å². The Morgan fingerprint density at radius 3 is 1.60 bits per heavy atom. The summed E-state index contributed by atoms with van der Waals surface area (Å²) >= 11 is 11.8. The summed E-state index contributed by atoms with van der Waals surface area (Å²) in [6, 6.07) is 13.5. The molecule has 0 fully saturated rings. The maximum atomic E-state index is 12.2. The van der Waals surface area contributed by atoms with E-state index >= 15 is 0 Å². The summed E-state index contributed by atoms with van der Waals surface area (Å²) in [5.41, 5.74) is 0.695. The van der Waals surface area contributed by atoms with E-state index in [9.17, 15) is 9.59 Å². The molecule has 0 saturated carbocycles. The van der Waals surface area contributed by atoms with E-state index in [1.165, 1.54) is 0 Å². The van der Waals surface area contributed by atoms with Crippen molar-refractivity contribution in [2.24, 2.45) is 5.41 Å². The third kappa shape index (κ3) is 6.07. The molecule has 0 aliphatic rings. The van der Waals surface area contributed by atoms with Crippen molar-refractivity contribution in [3.8, 4) is 0 Å². The van der Waals surface area contributed by atoms with E-state index in [1.807, 2.05) is 13.8 Å². The van der Waals surface area contributed by atoms with Crippen molar-refractivity contribution in [3.05, 3.63) is 69.7 Å². The van der Waals surface area contributed by atoms with Gasteiger partial charge in [0.2, 0.25) is 0 Å². The summed E-state index contributed by atoms with van der Waals surface area (Å²) in [5.74, 6) is -0.395. The van der Waals surface area contributed by atoms with Crippen LogP contribution in [0.2, 0.25) is 10.0 Å². The summed E-state index contributed by atoms with van der Waals surface area (Å²) < 4.78 is 0. The molecule has 0 spiro atoms. The largest absolute Gasteiger partial charge is 0.351 e. The van der Waals surface area contributed by atoms with Gasteiger partial charge < -0.3 is 10.6 Å². The van der Waals surface area contributed by atoms with Crippen LogP contribution in [-0.2, 0) is 0 Å². The van der Waals surface area contributed by atoms with Crippen molar-refractivity contribution in [2.75, 3.05) is 13.1 Å². The molecule has 2 aromatic rings. The standard InChI is InChI=1S/C19H20Cl2N2O2/c1-19(2,11-22-17(24)13-5-3-7-15(20)9-13)12-23-18(25)14-6-4-8-16(21)10-14/h3-10H,11-12H2,1-2H3,(H,22,24)(H,23,25). The molecule has 0 aromatic heterocycles. The van der Waals surface area contributed by atoms with Gasteiger partial charge in [-0.2, -0.15) is 0 Å². The van der Waals surface area contributed by atoms with E-state index in [-0.39, 0.29) is 17.2 Å². The van der Waals surface area contributed by atoms with Crippen LogP contribution in [0, 0.1) is 5.41 Å². The highest BCUT2D eigenvalue weighted by atomic mass is 35.5. The van der Waals surface area contributed by atoms with Gasteiger partial charge >= 0.3 is 0 Å². The average Bonchev–Trinajstić information content (AvgIpc) is 2.58. The number of halogens is 2. The quantitative estimate of drug-likeness (QED) is 0.791. The highest BCUT2D eigenvalue weighted by Crippen LogP contribution is 2.15. The molecular weight excluding hydrogens is 359 g/mol. The lowest BCUT2D eigenvalue weighted by molar-refractivity contribution is 0.0920. The summed E-state index contributed by atoms with van der Waals surface area (Å²) in [6.07, 6.45) is 0. The van der Waals surface area contributed by atoms with Gasteiger partial charge in [-0.3, -0.25) is 9.59 Å². The normalized spacial score (nSPS) is 11.0. The molecule has 0 aliphatic heterocycles. The summed E-state index contributed by atoms with van der Waals surface area (Å²) in [7, 11) is 0. The summed E-state index contributed by atoms with van der Waals surface area (Å²) in [5, 5.41) is 6.77. The molecule has 2 aromatic carbocycles. The molecule has 0 heterocycles. The fourth-order valence-electron chi connectivity index (χ4n) is 2.17. The number of benzene rings is 2. The van der Waals surface area contributed by atoms with Gasteiger partial charge in [-0.1, -0.05) is 49.2 Å². The molecule has 132 valence electrons. The highest BCUT2D eigenvalue weighted by Gasteiger charge is 2.21. The Morgan fingerprint density at radius 2 is 1.24 bits per heavy atom. The number of hydrogen-bond donors (Lipinski definition) is 2. The Labute approximate surface area is 157 Å². The maximum Gasteiger partial charge on any atom is 0.251 e. The summed E-state index contributed by atoms with van der Waals surface area (Å²) in [6.45, 7) is 4.75. The first kappa shape index (κ1) is 19.3. The van der Waals surface area contributed by atoms with Gasteiger partial charge in [-0.15, -0.1) is 0 Å². The van der Waals surface area contributed by atoms with Crippen molar-refractivity contribution in [3.63, 3.8) is 0 Å². The monoisotopic (exact) mass is 378 g/mol. The zero-order valence-electron chi connectivity index (χ0n) is 14.1. The molecule has 2 N–H and O–H groups in total. The zero-order chi connectivity index (χ0) is 18.4. The first-order chi connectivity index (χ1) is 11.8. The molecule has 4 nitrogen and oxygen atoms in total. The van der Waals surface area contributed by atoms with Crippen molar-refractivity contribution < 1.29 is 9.59 Å². The van der Waals surface area contributed by atoms with E-state index in [0.29, 0.717) is 34.3 Å². The maximum absolute atomic E-state index is 12.2. The fraction of sp³-hybridized carbons (Fsp3) is 0.263. The third-order valence-corrected chi connectivity index (χ3v) is 4.10. The van der Waals surface area contributed by atoms with Gasteiger partial charge in [-0.05, 0) is 41.8 Å². The smallest absolute Gasteiger partial charge is 0.251 e. The lowest BCUT2D eigenvalue weighted by Gasteiger charge is -2.25. The van der Waals surface area contributed by atoms with Gasteiger partial charge in [0, 0.05) is 34.3 Å². The molecule has 0 saturated heterocycles. The van der Waals surface area contributed by atoms with Crippen LogP contribution in [0.4, 0.5) is 0 Å². The number of rotatable bonds is 6. The van der Waals surface area contributed by atoms with Crippen molar-refractivity contribution in [1.82, 2.24) is 10.6 Å². The Morgan fingerprint density at radius 1 is 0.840 bits per heavy atom. The topological polar surface area (TPSA) is 58.2 Å². The predicted octanol–water partition coefficient (Wildman–Crippen LogP) is 4.18. The van der Waals surface area contributed by atoms with Crippen LogP contribution in [0.15, 0.2) is 48.5 Å². The van der Waals surface area contributed by atoms with Crippen LogP contribution in [0.3, 0.4) is 0 Å². The highest BCUT2D eigenvalue weighted by molar-refractivity contribution is 6.31. The van der Waals surface area contributed by atoms with Gasteiger partial charge in [0.25, 0.3) is 11.8 Å². The molecule has 0 aliphatic carbocycles. The van der Waals surface area contributed by atoms with Crippen molar-refractivity contribution in [1.29, 1.82) is 0 Å². The second-order valence-electron chi connectivity index (χ2n) is 6.55. The number of amides is 2. The lowest BCUT2D eigenvalue weighted by atomic mass is 9.93. The molecule has 0 bridgehead atoms. The SMILES string of the molecule is CC(C)(CNC(=O)c1cccc(Cl)c1)CNC(=O)c1cccc(Cl)c1. The Balaban J connectivity index is 1.87. The second kappa shape index (κ2) is 8.37. The fourth-order valence-corrected chi connectivity index (χ4v) is 2.55. The van der Waals surface area contributed by atoms with Crippen LogP contribution < -0.4 is 10.6 Å². The van der Waals surface area contributed by atoms with Gasteiger partial charge in [-0.25, -0.2) is 0 Å². The predicted molar refractivity (Wildman–Crippen MR) is 101 cm³/mol. The summed E-state index contributed by atoms with van der Waals surface area (Å²) in [4.78, 5) is 24.3. The van der Waals surface area contributed by atoms with Crippen LogP contribution in [0.1, 0.15) is 34.6 Å². The van der Waals surface area contributed by atoms with E-state index in [4.69, 9.17) is 23.2 Å². The Bertz CT molecular complexity index is 712. The minimum Gasteiger partial charge on any atom is -0.351 e. The Hall–Kier alpha value is -2.04. The Kier molecular flexibility index (Phi) is 6.45. The first-order valence-electron chi connectivity index (χ1n) is 7.84. The molecular formula is C19H20Cl2N2O2. The van der Waals surface area contributed by atoms with Crippen LogP contribution in [-0.4, -0.2) is 24.9 Å². The minimum atomic E-state index is -0.317. The van der Waals surface area contributed by atoms with Gasteiger partial charge in [0.05, 0.1) is 0 Å². The number of carbonyl (C=O) groups excluding carboxylic acids is 2. The van der Waals surface area contributed by atoms with E-state index < -0.39 is 0 Å². The third-order valence-electron chi connectivity index (χ3n) is 3.63. The van der Waals surface area contributed by atoms with E-state index in [2.05, 4.69) is 10.6 Å². The molecule has 0 unspecified atom stereocenters. The number of nitrogens with one attached hydrogen (secondary N) is 2. The first-order valence-corrected chi connectivity index (χ1v) is 8.60. The van der Waals surface area contributed by atoms with Crippen LogP contribution >= 0.6 is 23.2 Å². The van der Waals surface area contributed by atoms with Gasteiger partial charge in [0.1, 0.15) is 0 Å². The number of carbonyl (C=O) groups is 2. The van der Waals surface area contributed by atoms with Crippen molar-refractivity contribution >= 4 is 35.0 Å². The van der Waals surface area contributed by atoms with Crippen LogP contribution in [0.5, 0.6) is 0 Å².